The van der Waals surface area contributed by atoms with Crippen LogP contribution in [0.25, 0.3) is 0 Å². The third-order valence-corrected chi connectivity index (χ3v) is 6.26. The standard InChI is InChI=1S/C22H23N3O5S/c1-16-6-11-21(30-3)20(13-16)24-22(26)15-25(17-7-9-18(29-2)10-8-17)31(27,28)19-5-4-12-23-14-19/h4-14H,15H2,1-3H3,(H,24,26). The molecule has 8 nitrogen and oxygen atoms in total. The topological polar surface area (TPSA) is 97.8 Å². The Bertz CT molecular complexity index is 1150. The Morgan fingerprint density at radius 2 is 1.81 bits per heavy atom. The van der Waals surface area contributed by atoms with E-state index in [2.05, 4.69) is 10.3 Å². The van der Waals surface area contributed by atoms with Gasteiger partial charge in [-0.3, -0.25) is 14.1 Å². The summed E-state index contributed by atoms with van der Waals surface area (Å²) >= 11 is 0. The molecule has 0 aliphatic heterocycles. The second-order valence-corrected chi connectivity index (χ2v) is 8.51. The molecule has 0 aliphatic carbocycles. The molecule has 0 spiro atoms. The van der Waals surface area contributed by atoms with Gasteiger partial charge in [-0.1, -0.05) is 6.07 Å². The van der Waals surface area contributed by atoms with Crippen LogP contribution in [0.4, 0.5) is 11.4 Å². The predicted molar refractivity (Wildman–Crippen MR) is 118 cm³/mol. The summed E-state index contributed by atoms with van der Waals surface area (Å²) in [6, 6.07) is 14.7. The van der Waals surface area contributed by atoms with E-state index in [1.807, 2.05) is 13.0 Å². The number of amides is 1. The summed E-state index contributed by atoms with van der Waals surface area (Å²) in [7, 11) is -1.03. The lowest BCUT2D eigenvalue weighted by molar-refractivity contribution is -0.114. The molecule has 0 fully saturated rings. The maximum Gasteiger partial charge on any atom is 0.266 e. The average molecular weight is 442 g/mol. The van der Waals surface area contributed by atoms with Crippen LogP contribution in [0.3, 0.4) is 0 Å². The van der Waals surface area contributed by atoms with E-state index in [1.165, 1.54) is 38.7 Å². The van der Waals surface area contributed by atoms with E-state index in [4.69, 9.17) is 9.47 Å². The lowest BCUT2D eigenvalue weighted by Crippen LogP contribution is -2.38. The molecule has 1 aromatic heterocycles. The van der Waals surface area contributed by atoms with Crippen molar-refractivity contribution in [3.8, 4) is 11.5 Å². The summed E-state index contributed by atoms with van der Waals surface area (Å²) in [6.45, 7) is 1.44. The number of carbonyl (C=O) groups excluding carboxylic acids is 1. The number of nitrogens with zero attached hydrogens (tertiary/aromatic N) is 2. The summed E-state index contributed by atoms with van der Waals surface area (Å²) in [5, 5.41) is 2.74. The van der Waals surface area contributed by atoms with Gasteiger partial charge in [-0.2, -0.15) is 0 Å². The molecule has 0 saturated heterocycles. The number of hydrogen-bond donors (Lipinski definition) is 1. The number of hydrogen-bond acceptors (Lipinski definition) is 6. The number of aryl methyl sites for hydroxylation is 1. The van der Waals surface area contributed by atoms with E-state index in [0.717, 1.165) is 9.87 Å². The molecule has 0 atom stereocenters. The van der Waals surface area contributed by atoms with Crippen molar-refractivity contribution < 1.29 is 22.7 Å². The Morgan fingerprint density at radius 1 is 1.06 bits per heavy atom. The Hall–Kier alpha value is -3.59. The highest BCUT2D eigenvalue weighted by Crippen LogP contribution is 2.27. The number of nitrogens with one attached hydrogen (secondary N) is 1. The van der Waals surface area contributed by atoms with Gasteiger partial charge in [0.25, 0.3) is 10.0 Å². The van der Waals surface area contributed by atoms with E-state index < -0.39 is 22.5 Å². The SMILES string of the molecule is COc1ccc(N(CC(=O)Nc2cc(C)ccc2OC)S(=O)(=O)c2cccnc2)cc1. The molecule has 162 valence electrons. The molecule has 31 heavy (non-hydrogen) atoms. The lowest BCUT2D eigenvalue weighted by Gasteiger charge is -2.24. The first-order valence-corrected chi connectivity index (χ1v) is 10.8. The summed E-state index contributed by atoms with van der Waals surface area (Å²) < 4.78 is 38.1. The van der Waals surface area contributed by atoms with Crippen LogP contribution in [0.2, 0.25) is 0 Å². The zero-order valence-electron chi connectivity index (χ0n) is 17.4. The smallest absolute Gasteiger partial charge is 0.266 e. The maximum absolute atomic E-state index is 13.3. The largest absolute Gasteiger partial charge is 0.497 e. The Labute approximate surface area is 181 Å². The van der Waals surface area contributed by atoms with Crippen LogP contribution in [0, 0.1) is 6.92 Å². The minimum Gasteiger partial charge on any atom is -0.497 e. The van der Waals surface area contributed by atoms with Crippen molar-refractivity contribution in [3.63, 3.8) is 0 Å². The maximum atomic E-state index is 13.3. The molecular formula is C22H23N3O5S. The van der Waals surface area contributed by atoms with Crippen LogP contribution in [-0.2, 0) is 14.8 Å². The molecule has 1 heterocycles. The van der Waals surface area contributed by atoms with E-state index in [1.54, 1.807) is 36.4 Å². The molecule has 0 aliphatic rings. The van der Waals surface area contributed by atoms with Gasteiger partial charge in [0, 0.05) is 12.4 Å². The fourth-order valence-electron chi connectivity index (χ4n) is 2.93. The van der Waals surface area contributed by atoms with Crippen molar-refractivity contribution >= 4 is 27.3 Å². The van der Waals surface area contributed by atoms with Crippen molar-refractivity contribution in [1.82, 2.24) is 4.98 Å². The highest BCUT2D eigenvalue weighted by molar-refractivity contribution is 7.92. The summed E-state index contributed by atoms with van der Waals surface area (Å²) in [6.07, 6.45) is 2.72. The highest BCUT2D eigenvalue weighted by atomic mass is 32.2. The Balaban J connectivity index is 1.95. The monoisotopic (exact) mass is 441 g/mol. The van der Waals surface area contributed by atoms with Gasteiger partial charge in [0.05, 0.1) is 25.6 Å². The predicted octanol–water partition coefficient (Wildman–Crippen LogP) is 3.24. The zero-order valence-corrected chi connectivity index (χ0v) is 18.2. The Morgan fingerprint density at radius 3 is 2.42 bits per heavy atom. The van der Waals surface area contributed by atoms with Gasteiger partial charge in [0.15, 0.2) is 0 Å². The summed E-state index contributed by atoms with van der Waals surface area (Å²) in [5.41, 5.74) is 1.70. The number of aromatic nitrogens is 1. The highest BCUT2D eigenvalue weighted by Gasteiger charge is 2.27. The minimum absolute atomic E-state index is 0.0215. The van der Waals surface area contributed by atoms with Gasteiger partial charge in [-0.05, 0) is 61.0 Å². The first kappa shape index (κ1) is 22.1. The van der Waals surface area contributed by atoms with Crippen molar-refractivity contribution in [1.29, 1.82) is 0 Å². The first-order valence-electron chi connectivity index (χ1n) is 9.36. The second-order valence-electron chi connectivity index (χ2n) is 6.65. The van der Waals surface area contributed by atoms with E-state index >= 15 is 0 Å². The molecule has 9 heteroatoms. The number of carbonyl (C=O) groups is 1. The number of anilines is 2. The molecular weight excluding hydrogens is 418 g/mol. The zero-order chi connectivity index (χ0) is 22.4. The first-order chi connectivity index (χ1) is 14.8. The van der Waals surface area contributed by atoms with E-state index in [-0.39, 0.29) is 4.90 Å². The van der Waals surface area contributed by atoms with Crippen LogP contribution in [0.15, 0.2) is 71.9 Å². The molecule has 0 bridgehead atoms. The van der Waals surface area contributed by atoms with Crippen molar-refractivity contribution in [2.24, 2.45) is 0 Å². The van der Waals surface area contributed by atoms with Crippen LogP contribution in [0.5, 0.6) is 11.5 Å². The number of pyridine rings is 1. The van der Waals surface area contributed by atoms with Crippen molar-refractivity contribution in [2.75, 3.05) is 30.4 Å². The van der Waals surface area contributed by atoms with Gasteiger partial charge in [-0.15, -0.1) is 0 Å². The number of sulfonamides is 1. The molecule has 1 amide bonds. The van der Waals surface area contributed by atoms with Crippen LogP contribution in [-0.4, -0.2) is 40.1 Å². The van der Waals surface area contributed by atoms with Gasteiger partial charge < -0.3 is 14.8 Å². The third kappa shape index (κ3) is 5.13. The molecule has 2 aromatic carbocycles. The molecule has 0 unspecified atom stereocenters. The lowest BCUT2D eigenvalue weighted by atomic mass is 10.2. The minimum atomic E-state index is -4.05. The van der Waals surface area contributed by atoms with Crippen LogP contribution < -0.4 is 19.1 Å². The van der Waals surface area contributed by atoms with Gasteiger partial charge >= 0.3 is 0 Å². The summed E-state index contributed by atoms with van der Waals surface area (Å²) in [4.78, 5) is 16.7. The normalized spacial score (nSPS) is 10.9. The quantitative estimate of drug-likeness (QED) is 0.576. The number of rotatable bonds is 8. The van der Waals surface area contributed by atoms with Crippen molar-refractivity contribution in [3.05, 3.63) is 72.6 Å². The van der Waals surface area contributed by atoms with E-state index in [0.29, 0.717) is 22.9 Å². The number of methoxy groups -OCH3 is 2. The van der Waals surface area contributed by atoms with Crippen LogP contribution in [0.1, 0.15) is 5.56 Å². The second kappa shape index (κ2) is 9.48. The third-order valence-electron chi connectivity index (χ3n) is 4.50. The molecule has 0 radical (unpaired) electrons. The number of benzene rings is 2. The fraction of sp³-hybridized carbons (Fsp3) is 0.182. The van der Waals surface area contributed by atoms with Crippen molar-refractivity contribution in [2.45, 2.75) is 11.8 Å². The fourth-order valence-corrected chi connectivity index (χ4v) is 4.32. The molecule has 1 N–H and O–H groups in total. The summed E-state index contributed by atoms with van der Waals surface area (Å²) in [5.74, 6) is 0.522. The van der Waals surface area contributed by atoms with Crippen LogP contribution >= 0.6 is 0 Å². The molecule has 3 aromatic rings. The number of ether oxygens (including phenoxy) is 2. The van der Waals surface area contributed by atoms with Gasteiger partial charge in [0.2, 0.25) is 5.91 Å². The molecule has 0 saturated carbocycles. The van der Waals surface area contributed by atoms with E-state index in [9.17, 15) is 13.2 Å². The van der Waals surface area contributed by atoms with Gasteiger partial charge in [0.1, 0.15) is 22.9 Å². The average Bonchev–Trinajstić information content (AvgIpc) is 2.78. The molecule has 3 rings (SSSR count). The van der Waals surface area contributed by atoms with Gasteiger partial charge in [-0.25, -0.2) is 8.42 Å². The Kier molecular flexibility index (Phi) is 6.76.